The number of alkyl halides is 6. The summed E-state index contributed by atoms with van der Waals surface area (Å²) in [4.78, 5) is 28.2. The van der Waals surface area contributed by atoms with Crippen molar-refractivity contribution < 1.29 is 40.3 Å². The molecule has 1 aliphatic rings. The number of aromatic nitrogens is 3. The number of hydrogen-bond donors (Lipinski definition) is 2. The monoisotopic (exact) mass is 543 g/mol. The molecule has 0 radical (unpaired) electrons. The van der Waals surface area contributed by atoms with Crippen LogP contribution in [0.2, 0.25) is 0 Å². The Kier molecular flexibility index (Phi) is 5.77. The molecule has 3 N–H and O–H groups in total. The van der Waals surface area contributed by atoms with Crippen LogP contribution >= 0.6 is 11.3 Å². The van der Waals surface area contributed by atoms with Crippen LogP contribution in [-0.4, -0.2) is 26.6 Å². The quantitative estimate of drug-likeness (QED) is 0.316. The van der Waals surface area contributed by atoms with Gasteiger partial charge in [0.2, 0.25) is 5.91 Å². The Morgan fingerprint density at radius 3 is 2.41 bits per heavy atom. The van der Waals surface area contributed by atoms with Gasteiger partial charge >= 0.3 is 12.4 Å². The van der Waals surface area contributed by atoms with E-state index in [1.54, 1.807) is 0 Å². The van der Waals surface area contributed by atoms with E-state index < -0.39 is 42.1 Å². The summed E-state index contributed by atoms with van der Waals surface area (Å²) in [5.74, 6) is -2.09. The highest BCUT2D eigenvalue weighted by atomic mass is 32.1. The fourth-order valence-electron chi connectivity index (χ4n) is 3.88. The largest absolute Gasteiger partial charge is 0.464 e. The number of rotatable bonds is 6. The van der Waals surface area contributed by atoms with Gasteiger partial charge in [0, 0.05) is 22.6 Å². The number of hydrogen-bond acceptors (Lipinski definition) is 6. The number of nitrogens with zero attached hydrogens (tertiary/aromatic N) is 3. The minimum Gasteiger partial charge on any atom is -0.464 e. The van der Waals surface area contributed by atoms with Crippen molar-refractivity contribution in [2.75, 3.05) is 5.32 Å². The van der Waals surface area contributed by atoms with Crippen molar-refractivity contribution >= 4 is 39.1 Å². The topological polar surface area (TPSA) is 116 Å². The molecule has 0 aromatic carbocycles. The van der Waals surface area contributed by atoms with Crippen LogP contribution in [-0.2, 0) is 23.7 Å². The van der Waals surface area contributed by atoms with Crippen molar-refractivity contribution in [1.29, 1.82) is 0 Å². The number of carbonyl (C=O) groups is 2. The van der Waals surface area contributed by atoms with Crippen LogP contribution in [0.1, 0.15) is 45.5 Å². The summed E-state index contributed by atoms with van der Waals surface area (Å²) in [6.45, 7) is -0.637. The van der Waals surface area contributed by atoms with E-state index in [4.69, 9.17) is 10.2 Å². The lowest BCUT2D eigenvalue weighted by atomic mass is 10.1. The molecule has 1 saturated carbocycles. The number of fused-ring (bicyclic) bond motifs is 1. The van der Waals surface area contributed by atoms with Crippen LogP contribution < -0.4 is 11.1 Å². The Morgan fingerprint density at radius 2 is 1.84 bits per heavy atom. The molecular weight excluding hydrogens is 528 g/mol. The summed E-state index contributed by atoms with van der Waals surface area (Å²) in [7, 11) is 0. The maximum absolute atomic E-state index is 13.5. The highest BCUT2D eigenvalue weighted by molar-refractivity contribution is 7.21. The molecule has 0 bridgehead atoms. The molecule has 4 aromatic heterocycles. The highest BCUT2D eigenvalue weighted by Gasteiger charge is 2.38. The van der Waals surface area contributed by atoms with Crippen molar-refractivity contribution in [3.63, 3.8) is 0 Å². The van der Waals surface area contributed by atoms with Crippen LogP contribution in [0, 0.1) is 0 Å². The van der Waals surface area contributed by atoms with Gasteiger partial charge in [0.1, 0.15) is 27.7 Å². The molecule has 37 heavy (non-hydrogen) atoms. The summed E-state index contributed by atoms with van der Waals surface area (Å²) in [5, 5.41) is 5.91. The fourth-order valence-corrected chi connectivity index (χ4v) is 4.89. The average Bonchev–Trinajstić information content (AvgIpc) is 3.19. The van der Waals surface area contributed by atoms with E-state index in [2.05, 4.69) is 15.4 Å². The van der Waals surface area contributed by atoms with E-state index in [9.17, 15) is 35.9 Å². The molecule has 0 aliphatic heterocycles. The third-order valence-electron chi connectivity index (χ3n) is 5.62. The summed E-state index contributed by atoms with van der Waals surface area (Å²) < 4.78 is 86.3. The van der Waals surface area contributed by atoms with Crippen molar-refractivity contribution in [3.8, 4) is 11.3 Å². The number of halogens is 6. The summed E-state index contributed by atoms with van der Waals surface area (Å²) in [6, 6.07) is 4.41. The maximum atomic E-state index is 13.5. The number of carbonyl (C=O) groups excluding carboxylic acids is 2. The fraction of sp³-hybridized carbons (Fsp3) is 0.273. The molecule has 15 heteroatoms. The number of primary amides is 1. The molecule has 0 spiro atoms. The molecule has 0 saturated heterocycles. The van der Waals surface area contributed by atoms with Crippen molar-refractivity contribution in [3.05, 3.63) is 52.5 Å². The summed E-state index contributed by atoms with van der Waals surface area (Å²) >= 11 is 0.534. The number of amides is 2. The highest BCUT2D eigenvalue weighted by Crippen LogP contribution is 2.44. The van der Waals surface area contributed by atoms with Crippen molar-refractivity contribution in [1.82, 2.24) is 14.8 Å². The Hall–Kier alpha value is -3.88. The molecule has 194 valence electrons. The minimum atomic E-state index is -4.83. The summed E-state index contributed by atoms with van der Waals surface area (Å²) in [5.41, 5.74) is 2.92. The van der Waals surface area contributed by atoms with Gasteiger partial charge in [0.25, 0.3) is 5.91 Å². The molecule has 0 unspecified atom stereocenters. The zero-order chi connectivity index (χ0) is 26.7. The second-order valence-electron chi connectivity index (χ2n) is 8.31. The van der Waals surface area contributed by atoms with E-state index in [1.807, 2.05) is 0 Å². The van der Waals surface area contributed by atoms with Gasteiger partial charge in [-0.15, -0.1) is 11.3 Å². The van der Waals surface area contributed by atoms with Crippen molar-refractivity contribution in [2.45, 2.75) is 37.7 Å². The second-order valence-corrected chi connectivity index (χ2v) is 9.31. The lowest BCUT2D eigenvalue weighted by molar-refractivity contribution is -0.142. The van der Waals surface area contributed by atoms with E-state index in [0.29, 0.717) is 30.2 Å². The van der Waals surface area contributed by atoms with E-state index >= 15 is 0 Å². The lowest BCUT2D eigenvalue weighted by Crippen LogP contribution is -2.23. The Bertz CT molecular complexity index is 1520. The first kappa shape index (κ1) is 24.8. The van der Waals surface area contributed by atoms with Crippen LogP contribution in [0.3, 0.4) is 0 Å². The first-order chi connectivity index (χ1) is 17.3. The zero-order valence-electron chi connectivity index (χ0n) is 18.4. The number of nitrogens with one attached hydrogen (secondary N) is 1. The number of nitrogens with two attached hydrogens (primary N) is 1. The van der Waals surface area contributed by atoms with Gasteiger partial charge in [-0.25, -0.2) is 4.98 Å². The normalized spacial score (nSPS) is 14.3. The standard InChI is InChI=1S/C22H15F6N5O3S/c23-21(24,25)13-6-10(12-2-1-5-36-12)16-17(18(19(29)35)37-20(16)30-13)31-15(34)8-33-11(9-3-4-9)7-14(32-33)22(26,27)28/h1-2,5-7,9H,3-4,8H2,(H2,29,35)(H,31,34). The van der Waals surface area contributed by atoms with Crippen LogP contribution in [0.5, 0.6) is 0 Å². The first-order valence-electron chi connectivity index (χ1n) is 10.7. The van der Waals surface area contributed by atoms with Crippen LogP contribution in [0.4, 0.5) is 32.0 Å². The third kappa shape index (κ3) is 4.77. The molecule has 1 fully saturated rings. The van der Waals surface area contributed by atoms with Gasteiger partial charge < -0.3 is 15.5 Å². The first-order valence-corrected chi connectivity index (χ1v) is 11.5. The van der Waals surface area contributed by atoms with E-state index in [1.165, 1.54) is 18.4 Å². The summed E-state index contributed by atoms with van der Waals surface area (Å²) in [6.07, 6.45) is -7.03. The zero-order valence-corrected chi connectivity index (χ0v) is 19.2. The second kappa shape index (κ2) is 8.61. The van der Waals surface area contributed by atoms with Gasteiger partial charge in [-0.05, 0) is 37.1 Å². The molecule has 4 aromatic rings. The van der Waals surface area contributed by atoms with Gasteiger partial charge in [-0.2, -0.15) is 31.4 Å². The van der Waals surface area contributed by atoms with Crippen LogP contribution in [0.25, 0.3) is 21.5 Å². The molecule has 8 nitrogen and oxygen atoms in total. The van der Waals surface area contributed by atoms with E-state index in [0.717, 1.165) is 10.7 Å². The number of pyridine rings is 1. The molecule has 4 heterocycles. The van der Waals surface area contributed by atoms with Gasteiger partial charge in [0.05, 0.1) is 12.0 Å². The Labute approximate surface area is 207 Å². The Morgan fingerprint density at radius 1 is 1.14 bits per heavy atom. The number of furan rings is 1. The van der Waals surface area contributed by atoms with Gasteiger partial charge in [-0.3, -0.25) is 14.3 Å². The molecule has 0 atom stereocenters. The SMILES string of the molecule is NC(=O)c1sc2nc(C(F)(F)F)cc(-c3ccco3)c2c1NC(=O)Cn1nc(C(F)(F)F)cc1C1CC1. The number of thiophene rings is 1. The molecular formula is C22H15F6N5O3S. The smallest absolute Gasteiger partial charge is 0.435 e. The maximum Gasteiger partial charge on any atom is 0.435 e. The van der Waals surface area contributed by atoms with Gasteiger partial charge in [0.15, 0.2) is 5.69 Å². The molecule has 1 aliphatic carbocycles. The average molecular weight is 543 g/mol. The predicted molar refractivity (Wildman–Crippen MR) is 119 cm³/mol. The lowest BCUT2D eigenvalue weighted by Gasteiger charge is -2.12. The molecule has 5 rings (SSSR count). The Balaban J connectivity index is 1.58. The van der Waals surface area contributed by atoms with E-state index in [-0.39, 0.29) is 43.7 Å². The van der Waals surface area contributed by atoms with Crippen molar-refractivity contribution in [2.24, 2.45) is 5.73 Å². The van der Waals surface area contributed by atoms with Gasteiger partial charge in [-0.1, -0.05) is 0 Å². The third-order valence-corrected chi connectivity index (χ3v) is 6.72. The predicted octanol–water partition coefficient (Wildman–Crippen LogP) is 5.41. The minimum absolute atomic E-state index is 0.000124. The van der Waals surface area contributed by atoms with Crippen LogP contribution in [0.15, 0.2) is 34.9 Å². The molecule has 2 amide bonds. The number of anilines is 1.